The second-order valence-electron chi connectivity index (χ2n) is 6.17. The number of allylic oxidation sites excluding steroid dienone is 2. The number of carboxylic acids is 1. The molecule has 1 saturated carbocycles. The van der Waals surface area contributed by atoms with Gasteiger partial charge in [0.2, 0.25) is 11.8 Å². The molecular formula is C17H14NO5-. The van der Waals surface area contributed by atoms with Crippen LogP contribution in [0.1, 0.15) is 6.42 Å². The van der Waals surface area contributed by atoms with Crippen molar-refractivity contribution >= 4 is 23.5 Å². The van der Waals surface area contributed by atoms with E-state index in [0.717, 1.165) is 6.42 Å². The van der Waals surface area contributed by atoms with Crippen LogP contribution in [0.15, 0.2) is 36.4 Å². The van der Waals surface area contributed by atoms with E-state index in [1.54, 1.807) is 24.3 Å². The third-order valence-electron chi connectivity index (χ3n) is 4.92. The summed E-state index contributed by atoms with van der Waals surface area (Å²) in [6.07, 6.45) is 5.01. The third kappa shape index (κ3) is 2.05. The Labute approximate surface area is 132 Å². The molecule has 0 radical (unpaired) electrons. The first-order chi connectivity index (χ1) is 11.1. The molecule has 23 heavy (non-hydrogen) atoms. The molecule has 6 heteroatoms. The first-order valence-electron chi connectivity index (χ1n) is 7.55. The van der Waals surface area contributed by atoms with Crippen molar-refractivity contribution in [3.8, 4) is 5.75 Å². The van der Waals surface area contributed by atoms with Crippen molar-refractivity contribution in [1.29, 1.82) is 0 Å². The van der Waals surface area contributed by atoms with Gasteiger partial charge in [0.15, 0.2) is 0 Å². The number of benzene rings is 1. The zero-order valence-electron chi connectivity index (χ0n) is 12.2. The van der Waals surface area contributed by atoms with E-state index in [1.807, 2.05) is 0 Å². The summed E-state index contributed by atoms with van der Waals surface area (Å²) in [5.41, 5.74) is 0.495. The minimum Gasteiger partial charge on any atom is -0.546 e. The van der Waals surface area contributed by atoms with Crippen LogP contribution in [0.2, 0.25) is 0 Å². The number of anilines is 1. The van der Waals surface area contributed by atoms with E-state index < -0.39 is 12.6 Å². The Kier molecular flexibility index (Phi) is 3.01. The summed E-state index contributed by atoms with van der Waals surface area (Å²) in [4.78, 5) is 36.9. The fraction of sp³-hybridized carbons (Fsp3) is 0.353. The molecule has 1 aromatic rings. The molecule has 0 N–H and O–H groups in total. The summed E-state index contributed by atoms with van der Waals surface area (Å²) in [7, 11) is 0. The van der Waals surface area contributed by atoms with E-state index in [2.05, 4.69) is 12.2 Å². The van der Waals surface area contributed by atoms with Crippen LogP contribution in [0.25, 0.3) is 0 Å². The first kappa shape index (κ1) is 14.0. The molecule has 2 fully saturated rings. The molecule has 4 atom stereocenters. The highest BCUT2D eigenvalue weighted by atomic mass is 16.5. The van der Waals surface area contributed by atoms with Gasteiger partial charge < -0.3 is 14.6 Å². The van der Waals surface area contributed by atoms with E-state index in [0.29, 0.717) is 11.4 Å². The monoisotopic (exact) mass is 312 g/mol. The van der Waals surface area contributed by atoms with Gasteiger partial charge in [0.25, 0.3) is 0 Å². The summed E-state index contributed by atoms with van der Waals surface area (Å²) in [6.45, 7) is -0.542. The molecule has 0 unspecified atom stereocenters. The summed E-state index contributed by atoms with van der Waals surface area (Å²) < 4.78 is 5.00. The molecule has 2 bridgehead atoms. The van der Waals surface area contributed by atoms with Gasteiger partial charge in [-0.2, -0.15) is 0 Å². The van der Waals surface area contributed by atoms with Crippen molar-refractivity contribution in [2.75, 3.05) is 11.5 Å². The lowest BCUT2D eigenvalue weighted by atomic mass is 9.85. The van der Waals surface area contributed by atoms with Crippen molar-refractivity contribution in [3.05, 3.63) is 36.4 Å². The number of hydrogen-bond acceptors (Lipinski definition) is 5. The molecule has 4 rings (SSSR count). The van der Waals surface area contributed by atoms with E-state index in [-0.39, 0.29) is 35.5 Å². The fourth-order valence-electron chi connectivity index (χ4n) is 3.99. The quantitative estimate of drug-likeness (QED) is 0.582. The lowest BCUT2D eigenvalue weighted by Crippen LogP contribution is -2.32. The number of carboxylic acid groups (broad SMARTS) is 1. The number of aliphatic carboxylic acids is 1. The minimum absolute atomic E-state index is 0.139. The fourth-order valence-corrected chi connectivity index (χ4v) is 3.99. The van der Waals surface area contributed by atoms with Gasteiger partial charge in [0.1, 0.15) is 12.4 Å². The summed E-state index contributed by atoms with van der Waals surface area (Å²) in [6, 6.07) is 6.27. The van der Waals surface area contributed by atoms with Crippen LogP contribution < -0.4 is 14.7 Å². The summed E-state index contributed by atoms with van der Waals surface area (Å²) in [5.74, 6) is -1.35. The van der Waals surface area contributed by atoms with Crippen LogP contribution in [0.5, 0.6) is 5.75 Å². The Bertz CT molecular complexity index is 693. The number of nitrogens with zero attached hydrogens (tertiary/aromatic N) is 1. The highest BCUT2D eigenvalue weighted by molar-refractivity contribution is 6.22. The van der Waals surface area contributed by atoms with Gasteiger partial charge in [-0.25, -0.2) is 0 Å². The van der Waals surface area contributed by atoms with Crippen molar-refractivity contribution in [3.63, 3.8) is 0 Å². The average Bonchev–Trinajstić information content (AvgIpc) is 3.20. The standard InChI is InChI=1S/C17H15NO5/c19-13(20)8-23-12-5-3-11(4-6-12)18-16(21)14-9-1-2-10(7-9)15(14)17(18)22/h1-6,9-10,14-15H,7-8H2,(H,19,20)/p-1/t9-,10+,14-,15-/m0/s1. The maximum Gasteiger partial charge on any atom is 0.238 e. The van der Waals surface area contributed by atoms with Gasteiger partial charge in [0, 0.05) is 0 Å². The number of ether oxygens (including phenoxy) is 1. The molecule has 3 aliphatic rings. The molecule has 0 aromatic heterocycles. The molecule has 2 aliphatic carbocycles. The molecule has 1 saturated heterocycles. The lowest BCUT2D eigenvalue weighted by Gasteiger charge is -2.17. The zero-order chi connectivity index (χ0) is 16.1. The predicted octanol–water partition coefficient (Wildman–Crippen LogP) is 0.127. The van der Waals surface area contributed by atoms with Crippen LogP contribution in [0, 0.1) is 23.7 Å². The highest BCUT2D eigenvalue weighted by Crippen LogP contribution is 2.53. The van der Waals surface area contributed by atoms with Crippen molar-refractivity contribution in [2.24, 2.45) is 23.7 Å². The number of imide groups is 1. The Morgan fingerprint density at radius 1 is 1.09 bits per heavy atom. The second kappa shape index (κ2) is 4.94. The van der Waals surface area contributed by atoms with Crippen LogP contribution in [0.4, 0.5) is 5.69 Å². The third-order valence-corrected chi connectivity index (χ3v) is 4.92. The van der Waals surface area contributed by atoms with Crippen LogP contribution in [-0.2, 0) is 14.4 Å². The van der Waals surface area contributed by atoms with Gasteiger partial charge in [0.05, 0.1) is 23.5 Å². The Balaban J connectivity index is 1.56. The van der Waals surface area contributed by atoms with Crippen LogP contribution >= 0.6 is 0 Å². The number of hydrogen-bond donors (Lipinski definition) is 0. The van der Waals surface area contributed by atoms with Gasteiger partial charge in [-0.1, -0.05) is 12.2 Å². The van der Waals surface area contributed by atoms with E-state index >= 15 is 0 Å². The van der Waals surface area contributed by atoms with Crippen LogP contribution in [-0.4, -0.2) is 24.4 Å². The number of carbonyl (C=O) groups excluding carboxylic acids is 3. The van der Waals surface area contributed by atoms with Crippen molar-refractivity contribution in [2.45, 2.75) is 6.42 Å². The van der Waals surface area contributed by atoms with Gasteiger partial charge in [-0.05, 0) is 42.5 Å². The highest BCUT2D eigenvalue weighted by Gasteiger charge is 2.59. The summed E-state index contributed by atoms with van der Waals surface area (Å²) in [5, 5.41) is 10.4. The molecule has 1 heterocycles. The Morgan fingerprint density at radius 2 is 1.65 bits per heavy atom. The molecule has 1 aromatic carbocycles. The zero-order valence-corrected chi connectivity index (χ0v) is 12.2. The second-order valence-corrected chi connectivity index (χ2v) is 6.17. The van der Waals surface area contributed by atoms with Crippen molar-refractivity contribution in [1.82, 2.24) is 0 Å². The van der Waals surface area contributed by atoms with E-state index in [4.69, 9.17) is 4.74 Å². The lowest BCUT2D eigenvalue weighted by molar-refractivity contribution is -0.307. The maximum absolute atomic E-state index is 12.6. The maximum atomic E-state index is 12.6. The Hall–Kier alpha value is -2.63. The van der Waals surface area contributed by atoms with E-state index in [1.165, 1.54) is 4.90 Å². The number of amides is 2. The molecular weight excluding hydrogens is 298 g/mol. The predicted molar refractivity (Wildman–Crippen MR) is 77.2 cm³/mol. The van der Waals surface area contributed by atoms with Gasteiger partial charge >= 0.3 is 0 Å². The summed E-state index contributed by atoms with van der Waals surface area (Å²) >= 11 is 0. The molecule has 1 aliphatic heterocycles. The van der Waals surface area contributed by atoms with Gasteiger partial charge in [-0.15, -0.1) is 0 Å². The molecule has 6 nitrogen and oxygen atoms in total. The minimum atomic E-state index is -1.31. The topological polar surface area (TPSA) is 86.7 Å². The first-order valence-corrected chi connectivity index (χ1v) is 7.55. The van der Waals surface area contributed by atoms with Crippen LogP contribution in [0.3, 0.4) is 0 Å². The average molecular weight is 312 g/mol. The SMILES string of the molecule is O=C([O-])COc1ccc(N2C(=O)[C@@H]3[C@@H](C2=O)[C@H]2C=C[C@@H]3C2)cc1. The molecule has 0 spiro atoms. The normalized spacial score (nSPS) is 30.9. The number of rotatable bonds is 4. The smallest absolute Gasteiger partial charge is 0.238 e. The largest absolute Gasteiger partial charge is 0.546 e. The van der Waals surface area contributed by atoms with E-state index in [9.17, 15) is 19.5 Å². The van der Waals surface area contributed by atoms with Crippen molar-refractivity contribution < 1.29 is 24.2 Å². The molecule has 118 valence electrons. The number of fused-ring (bicyclic) bond motifs is 5. The Morgan fingerprint density at radius 3 is 2.17 bits per heavy atom. The molecule has 2 amide bonds. The number of carbonyl (C=O) groups is 3. The van der Waals surface area contributed by atoms with Gasteiger partial charge in [-0.3, -0.25) is 14.5 Å².